The highest BCUT2D eigenvalue weighted by atomic mass is 19.1. The highest BCUT2D eigenvalue weighted by Crippen LogP contribution is 2.31. The Hall–Kier alpha value is -3.13. The second-order valence-corrected chi connectivity index (χ2v) is 6.47. The molecular formula is C20H22FN3O4. The maximum absolute atomic E-state index is 14.5. The van der Waals surface area contributed by atoms with E-state index in [9.17, 15) is 9.18 Å². The molecular weight excluding hydrogens is 365 g/mol. The molecule has 2 heterocycles. The summed E-state index contributed by atoms with van der Waals surface area (Å²) in [6, 6.07) is 6.53. The minimum absolute atomic E-state index is 0.0525. The number of aromatic nitrogens is 2. The number of esters is 1. The van der Waals surface area contributed by atoms with Crippen LogP contribution in [0.1, 0.15) is 15.9 Å². The zero-order valence-electron chi connectivity index (χ0n) is 16.2. The summed E-state index contributed by atoms with van der Waals surface area (Å²) in [5.41, 5.74) is 1.54. The van der Waals surface area contributed by atoms with Crippen LogP contribution in [-0.2, 0) is 6.42 Å². The topological polar surface area (TPSA) is 76.7 Å². The second-order valence-electron chi connectivity index (χ2n) is 6.47. The predicted molar refractivity (Wildman–Crippen MR) is 103 cm³/mol. The van der Waals surface area contributed by atoms with Gasteiger partial charge in [0, 0.05) is 29.7 Å². The Morgan fingerprint density at radius 2 is 2.04 bits per heavy atom. The van der Waals surface area contributed by atoms with Crippen LogP contribution in [0.4, 0.5) is 4.39 Å². The van der Waals surface area contributed by atoms with Crippen LogP contribution >= 0.6 is 0 Å². The van der Waals surface area contributed by atoms with Crippen LogP contribution in [0, 0.1) is 5.82 Å². The summed E-state index contributed by atoms with van der Waals surface area (Å²) in [6.45, 7) is 0.836. The number of carbonyl (C=O) groups excluding carboxylic acids is 1. The summed E-state index contributed by atoms with van der Waals surface area (Å²) in [5.74, 6) is -1.69. The van der Waals surface area contributed by atoms with E-state index in [-0.39, 0.29) is 17.3 Å². The van der Waals surface area contributed by atoms with Gasteiger partial charge in [0.2, 0.25) is 5.88 Å². The molecule has 28 heavy (non-hydrogen) atoms. The van der Waals surface area contributed by atoms with Gasteiger partial charge >= 0.3 is 5.97 Å². The Morgan fingerprint density at radius 1 is 1.25 bits per heavy atom. The third-order valence-corrected chi connectivity index (χ3v) is 4.31. The number of nitrogens with one attached hydrogen (secondary N) is 1. The van der Waals surface area contributed by atoms with Gasteiger partial charge in [0.1, 0.15) is 11.3 Å². The molecule has 0 spiro atoms. The fourth-order valence-corrected chi connectivity index (χ4v) is 2.87. The van der Waals surface area contributed by atoms with Crippen molar-refractivity contribution in [2.24, 2.45) is 0 Å². The maximum Gasteiger partial charge on any atom is 0.346 e. The molecule has 0 amide bonds. The number of rotatable bonds is 7. The number of benzene rings is 1. The van der Waals surface area contributed by atoms with Crippen molar-refractivity contribution in [3.8, 4) is 17.5 Å². The number of halogens is 1. The van der Waals surface area contributed by atoms with Crippen LogP contribution in [-0.4, -0.2) is 55.7 Å². The van der Waals surface area contributed by atoms with E-state index in [1.54, 1.807) is 12.1 Å². The lowest BCUT2D eigenvalue weighted by Gasteiger charge is -2.12. The number of carbonyl (C=O) groups is 1. The Balaban J connectivity index is 1.97. The van der Waals surface area contributed by atoms with Crippen LogP contribution < -0.4 is 14.2 Å². The summed E-state index contributed by atoms with van der Waals surface area (Å²) < 4.78 is 30.0. The monoisotopic (exact) mass is 387 g/mol. The zero-order chi connectivity index (χ0) is 20.3. The lowest BCUT2D eigenvalue weighted by Crippen LogP contribution is -2.15. The molecule has 8 heteroatoms. The second kappa shape index (κ2) is 8.26. The molecule has 3 aromatic rings. The summed E-state index contributed by atoms with van der Waals surface area (Å²) >= 11 is 0. The number of nitrogens with zero attached hydrogens (tertiary/aromatic N) is 2. The SMILES string of the molecule is COc1cc(C(=O)Oc2cccc3[nH]cc(CCN(C)C)c23)c(F)c(OC)n1. The van der Waals surface area contributed by atoms with Gasteiger partial charge in [-0.05, 0) is 38.2 Å². The van der Waals surface area contributed by atoms with Crippen LogP contribution in [0.25, 0.3) is 10.9 Å². The molecule has 148 valence electrons. The van der Waals surface area contributed by atoms with Gasteiger partial charge < -0.3 is 24.1 Å². The molecule has 2 aromatic heterocycles. The third kappa shape index (κ3) is 3.91. The minimum atomic E-state index is -0.901. The number of fused-ring (bicyclic) bond motifs is 1. The molecule has 0 aliphatic rings. The van der Waals surface area contributed by atoms with Gasteiger partial charge in [0.25, 0.3) is 5.88 Å². The molecule has 0 saturated carbocycles. The fraction of sp³-hybridized carbons (Fsp3) is 0.300. The number of aromatic amines is 1. The van der Waals surface area contributed by atoms with Crippen molar-refractivity contribution >= 4 is 16.9 Å². The molecule has 7 nitrogen and oxygen atoms in total. The van der Waals surface area contributed by atoms with E-state index in [1.807, 2.05) is 26.4 Å². The van der Waals surface area contributed by atoms with E-state index in [1.165, 1.54) is 20.3 Å². The van der Waals surface area contributed by atoms with Crippen molar-refractivity contribution in [1.29, 1.82) is 0 Å². The van der Waals surface area contributed by atoms with Gasteiger partial charge in [0.05, 0.1) is 14.2 Å². The normalized spacial score (nSPS) is 11.1. The summed E-state index contributed by atoms with van der Waals surface area (Å²) in [6.07, 6.45) is 2.66. The average molecular weight is 387 g/mol. The number of pyridine rings is 1. The van der Waals surface area contributed by atoms with Crippen molar-refractivity contribution in [1.82, 2.24) is 14.9 Å². The Bertz CT molecular complexity index is 1000. The van der Waals surface area contributed by atoms with Crippen molar-refractivity contribution in [2.75, 3.05) is 34.9 Å². The molecule has 0 fully saturated rings. The van der Waals surface area contributed by atoms with Gasteiger partial charge in [-0.25, -0.2) is 9.18 Å². The van der Waals surface area contributed by atoms with Crippen LogP contribution in [0.3, 0.4) is 0 Å². The number of H-pyrrole nitrogens is 1. The van der Waals surface area contributed by atoms with E-state index in [0.717, 1.165) is 29.4 Å². The molecule has 0 bridgehead atoms. The first-order valence-corrected chi connectivity index (χ1v) is 8.69. The summed E-state index contributed by atoms with van der Waals surface area (Å²) in [7, 11) is 6.61. The first-order chi connectivity index (χ1) is 13.4. The van der Waals surface area contributed by atoms with Crippen molar-refractivity contribution in [3.05, 3.63) is 47.4 Å². The highest BCUT2D eigenvalue weighted by Gasteiger charge is 2.22. The molecule has 0 aliphatic carbocycles. The Labute approximate surface area is 162 Å². The van der Waals surface area contributed by atoms with Gasteiger partial charge in [-0.2, -0.15) is 4.98 Å². The molecule has 0 aliphatic heterocycles. The van der Waals surface area contributed by atoms with Gasteiger partial charge in [0.15, 0.2) is 5.82 Å². The largest absolute Gasteiger partial charge is 0.481 e. The first kappa shape index (κ1) is 19.6. The fourth-order valence-electron chi connectivity index (χ4n) is 2.87. The molecule has 1 aromatic carbocycles. The number of likely N-dealkylation sites (N-methyl/N-ethyl adjacent to an activating group) is 1. The van der Waals surface area contributed by atoms with E-state index < -0.39 is 11.8 Å². The van der Waals surface area contributed by atoms with E-state index >= 15 is 0 Å². The maximum atomic E-state index is 14.5. The van der Waals surface area contributed by atoms with Crippen LogP contribution in [0.15, 0.2) is 30.5 Å². The smallest absolute Gasteiger partial charge is 0.346 e. The zero-order valence-corrected chi connectivity index (χ0v) is 16.2. The number of hydrogen-bond acceptors (Lipinski definition) is 6. The van der Waals surface area contributed by atoms with Crippen LogP contribution in [0.2, 0.25) is 0 Å². The standard InChI is InChI=1S/C20H22FN3O4/c1-24(2)9-8-12-11-22-14-6-5-7-15(17(12)14)28-20(25)13-10-16(26-3)23-19(27-4)18(13)21/h5-7,10-11,22H,8-9H2,1-4H3. The Morgan fingerprint density at radius 3 is 2.71 bits per heavy atom. The van der Waals surface area contributed by atoms with Gasteiger partial charge in [-0.1, -0.05) is 6.07 Å². The Kier molecular flexibility index (Phi) is 5.79. The highest BCUT2D eigenvalue weighted by molar-refractivity contribution is 5.96. The van der Waals surface area contributed by atoms with E-state index in [4.69, 9.17) is 14.2 Å². The van der Waals surface area contributed by atoms with Crippen LogP contribution in [0.5, 0.6) is 17.5 Å². The molecule has 0 saturated heterocycles. The summed E-state index contributed by atoms with van der Waals surface area (Å²) in [4.78, 5) is 21.8. The van der Waals surface area contributed by atoms with E-state index in [2.05, 4.69) is 14.9 Å². The van der Waals surface area contributed by atoms with Crippen molar-refractivity contribution in [3.63, 3.8) is 0 Å². The molecule has 0 unspecified atom stereocenters. The number of methoxy groups -OCH3 is 2. The lowest BCUT2D eigenvalue weighted by atomic mass is 10.1. The first-order valence-electron chi connectivity index (χ1n) is 8.69. The van der Waals surface area contributed by atoms with Gasteiger partial charge in [-0.3, -0.25) is 0 Å². The number of hydrogen-bond donors (Lipinski definition) is 1. The third-order valence-electron chi connectivity index (χ3n) is 4.31. The predicted octanol–water partition coefficient (Wildman–Crippen LogP) is 3.04. The van der Waals surface area contributed by atoms with E-state index in [0.29, 0.717) is 5.75 Å². The lowest BCUT2D eigenvalue weighted by molar-refractivity contribution is 0.0730. The molecule has 0 radical (unpaired) electrons. The minimum Gasteiger partial charge on any atom is -0.481 e. The van der Waals surface area contributed by atoms with Gasteiger partial charge in [-0.15, -0.1) is 0 Å². The van der Waals surface area contributed by atoms with Crippen molar-refractivity contribution in [2.45, 2.75) is 6.42 Å². The molecule has 1 N–H and O–H groups in total. The molecule has 0 atom stereocenters. The number of ether oxygens (including phenoxy) is 3. The van der Waals surface area contributed by atoms with Crippen molar-refractivity contribution < 1.29 is 23.4 Å². The summed E-state index contributed by atoms with van der Waals surface area (Å²) in [5, 5.41) is 0.797. The molecule has 3 rings (SSSR count). The quantitative estimate of drug-likeness (QED) is 0.496. The average Bonchev–Trinajstić information content (AvgIpc) is 3.10.